The smallest absolute Gasteiger partial charge is 0.244 e. The van der Waals surface area contributed by atoms with Crippen molar-refractivity contribution in [1.82, 2.24) is 10.2 Å². The molecule has 9 heteroatoms. The maximum absolute atomic E-state index is 13.6. The Bertz CT molecular complexity index is 1190. The van der Waals surface area contributed by atoms with Crippen LogP contribution in [0.25, 0.3) is 0 Å². The number of sulfonamides is 1. The van der Waals surface area contributed by atoms with Gasteiger partial charge in [-0.1, -0.05) is 61.7 Å². The second-order valence-corrected chi connectivity index (χ2v) is 11.6. The van der Waals surface area contributed by atoms with E-state index in [1.165, 1.54) is 17.9 Å². The van der Waals surface area contributed by atoms with E-state index >= 15 is 0 Å². The van der Waals surface area contributed by atoms with Gasteiger partial charge in [0, 0.05) is 18.2 Å². The van der Waals surface area contributed by atoms with Gasteiger partial charge in [-0.05, 0) is 50.8 Å². The van der Waals surface area contributed by atoms with Crippen LogP contribution in [0.1, 0.15) is 61.9 Å². The Kier molecular flexibility index (Phi) is 9.86. The number of hydrogen-bond donors (Lipinski definition) is 1. The van der Waals surface area contributed by atoms with Gasteiger partial charge >= 0.3 is 0 Å². The van der Waals surface area contributed by atoms with Gasteiger partial charge in [0.15, 0.2) is 5.78 Å². The normalized spacial score (nSPS) is 15.0. The average molecular weight is 528 g/mol. The third-order valence-corrected chi connectivity index (χ3v) is 7.96. The number of nitrogens with one attached hydrogen (secondary N) is 1. The molecule has 200 valence electrons. The lowest BCUT2D eigenvalue weighted by Gasteiger charge is -2.33. The number of nitrogens with zero attached hydrogens (tertiary/aromatic N) is 2. The molecular formula is C28H37N3O5S. The molecule has 1 aliphatic rings. The highest BCUT2D eigenvalue weighted by molar-refractivity contribution is 7.92. The topological polar surface area (TPSA) is 104 Å². The molecular weight excluding hydrogens is 490 g/mol. The Morgan fingerprint density at radius 2 is 1.68 bits per heavy atom. The van der Waals surface area contributed by atoms with E-state index in [0.717, 1.165) is 48.2 Å². The Hall–Kier alpha value is -3.20. The van der Waals surface area contributed by atoms with Crippen molar-refractivity contribution in [2.45, 2.75) is 64.5 Å². The molecule has 2 amide bonds. The molecule has 2 aromatic carbocycles. The van der Waals surface area contributed by atoms with Crippen molar-refractivity contribution in [1.29, 1.82) is 0 Å². The molecule has 3 rings (SSSR count). The fraction of sp³-hybridized carbons (Fsp3) is 0.464. The summed E-state index contributed by atoms with van der Waals surface area (Å²) in [6.07, 6.45) is 6.68. The fourth-order valence-corrected chi connectivity index (χ4v) is 5.47. The Balaban J connectivity index is 1.84. The van der Waals surface area contributed by atoms with Gasteiger partial charge in [0.2, 0.25) is 21.8 Å². The minimum Gasteiger partial charge on any atom is -0.352 e. The molecule has 0 saturated heterocycles. The summed E-state index contributed by atoms with van der Waals surface area (Å²) in [5, 5.41) is 3.09. The summed E-state index contributed by atoms with van der Waals surface area (Å²) in [5.74, 6) is -0.933. The molecule has 2 aromatic rings. The lowest BCUT2D eigenvalue weighted by atomic mass is 9.95. The van der Waals surface area contributed by atoms with Crippen LogP contribution in [0.2, 0.25) is 0 Å². The molecule has 37 heavy (non-hydrogen) atoms. The summed E-state index contributed by atoms with van der Waals surface area (Å²) < 4.78 is 26.4. The predicted molar refractivity (Wildman–Crippen MR) is 145 cm³/mol. The number of amides is 2. The van der Waals surface area contributed by atoms with Crippen LogP contribution in [-0.4, -0.2) is 62.3 Å². The van der Waals surface area contributed by atoms with Crippen LogP contribution in [0.3, 0.4) is 0 Å². The third-order valence-electron chi connectivity index (χ3n) is 6.82. The van der Waals surface area contributed by atoms with E-state index in [2.05, 4.69) is 5.32 Å². The van der Waals surface area contributed by atoms with Gasteiger partial charge in [-0.15, -0.1) is 0 Å². The van der Waals surface area contributed by atoms with E-state index < -0.39 is 28.5 Å². The minimum absolute atomic E-state index is 0.0941. The van der Waals surface area contributed by atoms with Gasteiger partial charge in [-0.3, -0.25) is 18.7 Å². The van der Waals surface area contributed by atoms with Gasteiger partial charge in [-0.25, -0.2) is 8.42 Å². The highest BCUT2D eigenvalue weighted by Crippen LogP contribution is 2.21. The van der Waals surface area contributed by atoms with Crippen molar-refractivity contribution in [2.75, 3.05) is 23.7 Å². The molecule has 1 unspecified atom stereocenters. The first kappa shape index (κ1) is 28.4. The molecule has 1 fully saturated rings. The first-order valence-corrected chi connectivity index (χ1v) is 14.6. The number of carbonyl (C=O) groups is 3. The Morgan fingerprint density at radius 3 is 2.30 bits per heavy atom. The number of ketones is 1. The summed E-state index contributed by atoms with van der Waals surface area (Å²) in [6.45, 7) is 2.86. The van der Waals surface area contributed by atoms with E-state index in [-0.39, 0.29) is 30.0 Å². The van der Waals surface area contributed by atoms with E-state index in [0.29, 0.717) is 12.0 Å². The molecule has 0 radical (unpaired) electrons. The zero-order valence-corrected chi connectivity index (χ0v) is 22.7. The van der Waals surface area contributed by atoms with Crippen LogP contribution in [0.15, 0.2) is 54.6 Å². The highest BCUT2D eigenvalue weighted by Gasteiger charge is 2.31. The van der Waals surface area contributed by atoms with Crippen LogP contribution < -0.4 is 9.62 Å². The number of rotatable bonds is 11. The van der Waals surface area contributed by atoms with Crippen LogP contribution in [0, 0.1) is 0 Å². The largest absolute Gasteiger partial charge is 0.352 e. The van der Waals surface area contributed by atoms with E-state index in [9.17, 15) is 22.8 Å². The standard InChI is InChI=1S/C28H37N3O5S/c1-21(28(34)29-25-14-8-5-9-15-25)30(18-17-23-11-6-4-7-12-23)27(33)20-31(37(3,35)36)26-16-10-13-24(19-26)22(2)32/h4,6-7,10-13,16,19,21,25H,5,8-9,14-15,17-18,20H2,1-3H3,(H,29,34). The summed E-state index contributed by atoms with van der Waals surface area (Å²) in [7, 11) is -3.85. The first-order valence-electron chi connectivity index (χ1n) is 12.8. The number of Topliss-reactive ketones (excluding diaryl/α,β-unsaturated/α-hetero) is 1. The molecule has 1 saturated carbocycles. The average Bonchev–Trinajstić information content (AvgIpc) is 2.87. The van der Waals surface area contributed by atoms with E-state index in [1.54, 1.807) is 25.1 Å². The second kappa shape index (κ2) is 12.9. The zero-order chi connectivity index (χ0) is 27.0. The second-order valence-electron chi connectivity index (χ2n) is 9.72. The summed E-state index contributed by atoms with van der Waals surface area (Å²) in [4.78, 5) is 40.1. The maximum atomic E-state index is 13.6. The van der Waals surface area contributed by atoms with Crippen molar-refractivity contribution in [3.05, 3.63) is 65.7 Å². The number of benzene rings is 2. The lowest BCUT2D eigenvalue weighted by Crippen LogP contribution is -2.53. The monoisotopic (exact) mass is 527 g/mol. The van der Waals surface area contributed by atoms with Crippen molar-refractivity contribution in [3.8, 4) is 0 Å². The van der Waals surface area contributed by atoms with Crippen LogP contribution >= 0.6 is 0 Å². The lowest BCUT2D eigenvalue weighted by molar-refractivity contribution is -0.139. The highest BCUT2D eigenvalue weighted by atomic mass is 32.2. The molecule has 0 heterocycles. The maximum Gasteiger partial charge on any atom is 0.244 e. The van der Waals surface area contributed by atoms with Crippen LogP contribution in [-0.2, 0) is 26.0 Å². The molecule has 0 aliphatic heterocycles. The van der Waals surface area contributed by atoms with E-state index in [4.69, 9.17) is 0 Å². The molecule has 1 aliphatic carbocycles. The summed E-state index contributed by atoms with van der Waals surface area (Å²) in [5.41, 5.74) is 1.58. The number of carbonyl (C=O) groups excluding carboxylic acids is 3. The first-order chi connectivity index (χ1) is 17.6. The zero-order valence-electron chi connectivity index (χ0n) is 21.9. The van der Waals surface area contributed by atoms with Gasteiger partial charge in [0.1, 0.15) is 12.6 Å². The van der Waals surface area contributed by atoms with Crippen molar-refractivity contribution in [2.24, 2.45) is 0 Å². The van der Waals surface area contributed by atoms with Crippen molar-refractivity contribution < 1.29 is 22.8 Å². The van der Waals surface area contributed by atoms with Gasteiger partial charge < -0.3 is 10.2 Å². The summed E-state index contributed by atoms with van der Waals surface area (Å²) >= 11 is 0. The van der Waals surface area contributed by atoms with Gasteiger partial charge in [0.05, 0.1) is 11.9 Å². The molecule has 0 spiro atoms. The quantitative estimate of drug-likeness (QED) is 0.450. The molecule has 0 bridgehead atoms. The van der Waals surface area contributed by atoms with Crippen molar-refractivity contribution >= 4 is 33.3 Å². The molecule has 1 N–H and O–H groups in total. The van der Waals surface area contributed by atoms with Crippen LogP contribution in [0.4, 0.5) is 5.69 Å². The van der Waals surface area contributed by atoms with Crippen LogP contribution in [0.5, 0.6) is 0 Å². The van der Waals surface area contributed by atoms with Gasteiger partial charge in [-0.2, -0.15) is 0 Å². The Morgan fingerprint density at radius 1 is 1.00 bits per heavy atom. The summed E-state index contributed by atoms with van der Waals surface area (Å²) in [6, 6.07) is 15.1. The SMILES string of the molecule is CC(=O)c1cccc(N(CC(=O)N(CCc2ccccc2)C(C)C(=O)NC2CCCCC2)S(C)(=O)=O)c1. The molecule has 8 nitrogen and oxygen atoms in total. The van der Waals surface area contributed by atoms with Crippen molar-refractivity contribution in [3.63, 3.8) is 0 Å². The van der Waals surface area contributed by atoms with Gasteiger partial charge in [0.25, 0.3) is 0 Å². The third kappa shape index (κ3) is 8.15. The molecule has 0 aromatic heterocycles. The number of anilines is 1. The fourth-order valence-electron chi connectivity index (χ4n) is 4.63. The number of hydrogen-bond acceptors (Lipinski definition) is 5. The molecule has 1 atom stereocenters. The Labute approximate surface area is 220 Å². The predicted octanol–water partition coefficient (Wildman–Crippen LogP) is 3.56. The van der Waals surface area contributed by atoms with E-state index in [1.807, 2.05) is 30.3 Å². The minimum atomic E-state index is -3.85.